The van der Waals surface area contributed by atoms with Crippen LogP contribution in [0.15, 0.2) is 60.8 Å². The maximum Gasteiger partial charge on any atom is 0.306 e. The molecule has 0 unspecified atom stereocenters. The molecule has 0 fully saturated rings. The number of carbonyl (C=O) groups excluding carboxylic acids is 3. The standard InChI is InChI=1S/C59H104O6/c1-4-7-10-13-16-19-22-24-26-28-29-31-32-34-37-40-43-46-49-52-58(61)64-55-56(54-63-57(60)51-48-45-42-39-36-21-18-15-12-9-6-3)65-59(62)53-50-47-44-41-38-35-33-30-27-25-23-20-17-14-11-8-5-2/h15-20,24-27,56H,4-14,21-23,28-55H2,1-3H3/b18-15-,19-16-,20-17-,26-24-,27-25-/t56-/m1/s1. The fourth-order valence-electron chi connectivity index (χ4n) is 7.72. The van der Waals surface area contributed by atoms with E-state index in [9.17, 15) is 14.4 Å². The molecule has 0 rings (SSSR count). The molecule has 0 aromatic heterocycles. The van der Waals surface area contributed by atoms with Gasteiger partial charge in [0, 0.05) is 19.3 Å². The Balaban J connectivity index is 4.35. The lowest BCUT2D eigenvalue weighted by molar-refractivity contribution is -0.167. The van der Waals surface area contributed by atoms with Crippen LogP contribution in [0.3, 0.4) is 0 Å². The van der Waals surface area contributed by atoms with E-state index < -0.39 is 6.10 Å². The van der Waals surface area contributed by atoms with Gasteiger partial charge in [0.05, 0.1) is 0 Å². The van der Waals surface area contributed by atoms with Crippen LogP contribution in [0.1, 0.15) is 278 Å². The van der Waals surface area contributed by atoms with Gasteiger partial charge in [-0.1, -0.05) is 216 Å². The van der Waals surface area contributed by atoms with Crippen LogP contribution in [0, 0.1) is 0 Å². The molecule has 0 saturated carbocycles. The first-order chi connectivity index (χ1) is 32.0. The summed E-state index contributed by atoms with van der Waals surface area (Å²) in [6, 6.07) is 0. The fraction of sp³-hybridized carbons (Fsp3) is 0.780. The average molecular weight is 909 g/mol. The van der Waals surface area contributed by atoms with Crippen LogP contribution in [0.4, 0.5) is 0 Å². The SMILES string of the molecule is CCCC/C=C\CCCCCCCC(=O)OC[C@H](COC(=O)CCCCCCCCCCC/C=C\C/C=C\CCCCC)OC(=O)CCCCCCCCC/C=C\C/C=C\CCCCC. The summed E-state index contributed by atoms with van der Waals surface area (Å²) in [7, 11) is 0. The number of rotatable bonds is 50. The second kappa shape index (κ2) is 53.7. The Morgan fingerprint density at radius 3 is 0.908 bits per heavy atom. The van der Waals surface area contributed by atoms with Gasteiger partial charge < -0.3 is 14.2 Å². The van der Waals surface area contributed by atoms with E-state index in [0.717, 1.165) is 83.5 Å². The van der Waals surface area contributed by atoms with Crippen LogP contribution in [-0.2, 0) is 28.6 Å². The largest absolute Gasteiger partial charge is 0.462 e. The van der Waals surface area contributed by atoms with Gasteiger partial charge >= 0.3 is 17.9 Å². The molecular weight excluding hydrogens is 805 g/mol. The Labute approximate surface area is 402 Å². The molecule has 0 aliphatic carbocycles. The third-order valence-electron chi connectivity index (χ3n) is 12.0. The van der Waals surface area contributed by atoms with Gasteiger partial charge in [-0.15, -0.1) is 0 Å². The third kappa shape index (κ3) is 51.9. The van der Waals surface area contributed by atoms with Crippen molar-refractivity contribution >= 4 is 17.9 Å². The highest BCUT2D eigenvalue weighted by atomic mass is 16.6. The van der Waals surface area contributed by atoms with Gasteiger partial charge in [0.25, 0.3) is 0 Å². The number of esters is 3. The zero-order valence-electron chi connectivity index (χ0n) is 43.0. The molecule has 0 saturated heterocycles. The molecular formula is C59H104O6. The van der Waals surface area contributed by atoms with Crippen LogP contribution in [-0.4, -0.2) is 37.2 Å². The Kier molecular flexibility index (Phi) is 51.3. The second-order valence-electron chi connectivity index (χ2n) is 18.5. The van der Waals surface area contributed by atoms with E-state index in [1.165, 1.54) is 154 Å². The molecule has 0 aliphatic heterocycles. The molecule has 6 nitrogen and oxygen atoms in total. The third-order valence-corrected chi connectivity index (χ3v) is 12.0. The fourth-order valence-corrected chi connectivity index (χ4v) is 7.72. The minimum absolute atomic E-state index is 0.0817. The van der Waals surface area contributed by atoms with Crippen molar-refractivity contribution in [3.8, 4) is 0 Å². The molecule has 0 aromatic carbocycles. The van der Waals surface area contributed by atoms with Crippen LogP contribution in [0.25, 0.3) is 0 Å². The van der Waals surface area contributed by atoms with E-state index in [-0.39, 0.29) is 31.1 Å². The molecule has 1 atom stereocenters. The van der Waals surface area contributed by atoms with Crippen molar-refractivity contribution in [3.05, 3.63) is 60.8 Å². The number of allylic oxidation sites excluding steroid dienone is 10. The summed E-state index contributed by atoms with van der Waals surface area (Å²) in [5.74, 6) is -0.896. The summed E-state index contributed by atoms with van der Waals surface area (Å²) in [4.78, 5) is 38.1. The molecule has 376 valence electrons. The van der Waals surface area contributed by atoms with E-state index in [1.807, 2.05) is 0 Å². The van der Waals surface area contributed by atoms with Gasteiger partial charge in [-0.05, 0) is 103 Å². The topological polar surface area (TPSA) is 78.9 Å². The van der Waals surface area contributed by atoms with Crippen LogP contribution < -0.4 is 0 Å². The average Bonchev–Trinajstić information content (AvgIpc) is 3.30. The number of hydrogen-bond donors (Lipinski definition) is 0. The minimum atomic E-state index is -0.782. The summed E-state index contributed by atoms with van der Waals surface area (Å²) in [6.45, 7) is 6.55. The number of unbranched alkanes of at least 4 members (excludes halogenated alkanes) is 29. The van der Waals surface area contributed by atoms with Gasteiger partial charge in [-0.3, -0.25) is 14.4 Å². The summed E-state index contributed by atoms with van der Waals surface area (Å²) in [5, 5.41) is 0. The maximum absolute atomic E-state index is 12.8. The van der Waals surface area contributed by atoms with E-state index in [2.05, 4.69) is 81.5 Å². The van der Waals surface area contributed by atoms with Crippen molar-refractivity contribution in [2.24, 2.45) is 0 Å². The van der Waals surface area contributed by atoms with Crippen molar-refractivity contribution in [3.63, 3.8) is 0 Å². The lowest BCUT2D eigenvalue weighted by Crippen LogP contribution is -2.30. The zero-order chi connectivity index (χ0) is 47.2. The molecule has 0 bridgehead atoms. The van der Waals surface area contributed by atoms with Crippen LogP contribution >= 0.6 is 0 Å². The molecule has 0 spiro atoms. The minimum Gasteiger partial charge on any atom is -0.462 e. The molecule has 0 heterocycles. The van der Waals surface area contributed by atoms with Gasteiger partial charge in [0.1, 0.15) is 13.2 Å². The van der Waals surface area contributed by atoms with Crippen LogP contribution in [0.2, 0.25) is 0 Å². The summed E-state index contributed by atoms with van der Waals surface area (Å²) in [6.07, 6.45) is 66.3. The van der Waals surface area contributed by atoms with Gasteiger partial charge in [-0.25, -0.2) is 0 Å². The first-order valence-corrected chi connectivity index (χ1v) is 27.8. The first kappa shape index (κ1) is 62.1. The zero-order valence-corrected chi connectivity index (χ0v) is 43.0. The van der Waals surface area contributed by atoms with Gasteiger partial charge in [-0.2, -0.15) is 0 Å². The highest BCUT2D eigenvalue weighted by Crippen LogP contribution is 2.15. The van der Waals surface area contributed by atoms with Crippen molar-refractivity contribution in [1.29, 1.82) is 0 Å². The number of hydrogen-bond acceptors (Lipinski definition) is 6. The lowest BCUT2D eigenvalue weighted by atomic mass is 10.1. The maximum atomic E-state index is 12.8. The summed E-state index contributed by atoms with van der Waals surface area (Å²) >= 11 is 0. The van der Waals surface area contributed by atoms with E-state index in [4.69, 9.17) is 14.2 Å². The van der Waals surface area contributed by atoms with E-state index in [0.29, 0.717) is 19.3 Å². The molecule has 0 aliphatic rings. The monoisotopic (exact) mass is 909 g/mol. The smallest absolute Gasteiger partial charge is 0.306 e. The predicted octanol–water partition coefficient (Wildman–Crippen LogP) is 18.4. The van der Waals surface area contributed by atoms with Crippen molar-refractivity contribution < 1.29 is 28.6 Å². The van der Waals surface area contributed by atoms with Crippen molar-refractivity contribution in [2.75, 3.05) is 13.2 Å². The Hall–Kier alpha value is -2.89. The van der Waals surface area contributed by atoms with Crippen molar-refractivity contribution in [2.45, 2.75) is 284 Å². The van der Waals surface area contributed by atoms with Crippen molar-refractivity contribution in [1.82, 2.24) is 0 Å². The molecule has 0 radical (unpaired) electrons. The molecule has 0 amide bonds. The normalized spacial score (nSPS) is 12.5. The quantitative estimate of drug-likeness (QED) is 0.0262. The number of ether oxygens (including phenoxy) is 3. The molecule has 65 heavy (non-hydrogen) atoms. The Bertz CT molecular complexity index is 1180. The second-order valence-corrected chi connectivity index (χ2v) is 18.5. The Morgan fingerprint density at radius 2 is 0.569 bits per heavy atom. The van der Waals surface area contributed by atoms with Gasteiger partial charge in [0.15, 0.2) is 6.10 Å². The lowest BCUT2D eigenvalue weighted by Gasteiger charge is -2.18. The summed E-state index contributed by atoms with van der Waals surface area (Å²) in [5.41, 5.74) is 0. The van der Waals surface area contributed by atoms with E-state index >= 15 is 0 Å². The van der Waals surface area contributed by atoms with Crippen LogP contribution in [0.5, 0.6) is 0 Å². The highest BCUT2D eigenvalue weighted by Gasteiger charge is 2.19. The summed E-state index contributed by atoms with van der Waals surface area (Å²) < 4.78 is 16.8. The van der Waals surface area contributed by atoms with Gasteiger partial charge in [0.2, 0.25) is 0 Å². The Morgan fingerprint density at radius 1 is 0.308 bits per heavy atom. The first-order valence-electron chi connectivity index (χ1n) is 27.8. The number of carbonyl (C=O) groups is 3. The van der Waals surface area contributed by atoms with E-state index in [1.54, 1.807) is 0 Å². The molecule has 0 N–H and O–H groups in total. The molecule has 0 aromatic rings. The highest BCUT2D eigenvalue weighted by molar-refractivity contribution is 5.71. The molecule has 6 heteroatoms. The predicted molar refractivity (Wildman–Crippen MR) is 279 cm³/mol.